The molecule has 0 heterocycles. The van der Waals surface area contributed by atoms with E-state index in [0.29, 0.717) is 34.1 Å². The number of methoxy groups -OCH3 is 3. The Morgan fingerprint density at radius 1 is 1.00 bits per heavy atom. The van der Waals surface area contributed by atoms with E-state index in [0.717, 1.165) is 0 Å². The van der Waals surface area contributed by atoms with E-state index in [4.69, 9.17) is 23.3 Å². The van der Waals surface area contributed by atoms with Gasteiger partial charge in [-0.3, -0.25) is 14.7 Å². The molecule has 1 atom stereocenters. The molecule has 0 aromatic heterocycles. The summed E-state index contributed by atoms with van der Waals surface area (Å²) < 4.78 is 41.3. The second-order valence-electron chi connectivity index (χ2n) is 6.64. The van der Waals surface area contributed by atoms with Crippen LogP contribution in [0.4, 0.5) is 11.4 Å². The van der Waals surface area contributed by atoms with Crippen molar-refractivity contribution in [3.05, 3.63) is 51.6 Å². The molecule has 0 amide bonds. The van der Waals surface area contributed by atoms with Crippen molar-refractivity contribution in [2.24, 2.45) is 0 Å². The summed E-state index contributed by atoms with van der Waals surface area (Å²) in [6.07, 6.45) is 0. The Kier molecular flexibility index (Phi) is 8.89. The lowest BCUT2D eigenvalue weighted by atomic mass is 10.1. The zero-order valence-electron chi connectivity index (χ0n) is 19.0. The molecule has 1 unspecified atom stereocenters. The maximum Gasteiger partial charge on any atom is 0.357 e. The number of nitrogens with zero attached hydrogens (tertiary/aromatic N) is 1. The fraction of sp³-hybridized carbons (Fsp3) is 0.429. The van der Waals surface area contributed by atoms with Gasteiger partial charge in [0.1, 0.15) is 0 Å². The van der Waals surface area contributed by atoms with Gasteiger partial charge in [-0.25, -0.2) is 0 Å². The number of ether oxygens (including phenoxy) is 3. The first kappa shape index (κ1) is 25.5. The molecule has 10 nitrogen and oxygen atoms in total. The van der Waals surface area contributed by atoms with E-state index in [2.05, 4.69) is 5.32 Å². The third-order valence-corrected chi connectivity index (χ3v) is 6.95. The lowest BCUT2D eigenvalue weighted by Gasteiger charge is -2.29. The van der Waals surface area contributed by atoms with E-state index in [1.54, 1.807) is 39.0 Å². The third-order valence-electron chi connectivity index (χ3n) is 4.65. The molecule has 2 aromatic carbocycles. The molecule has 0 aliphatic rings. The molecule has 0 saturated heterocycles. The molecular weight excluding hydrogens is 439 g/mol. The van der Waals surface area contributed by atoms with E-state index in [-0.39, 0.29) is 18.9 Å². The van der Waals surface area contributed by atoms with E-state index in [1.807, 2.05) is 0 Å². The highest BCUT2D eigenvalue weighted by atomic mass is 31.2. The van der Waals surface area contributed by atoms with Gasteiger partial charge < -0.3 is 28.6 Å². The van der Waals surface area contributed by atoms with Gasteiger partial charge in [-0.15, -0.1) is 0 Å². The fourth-order valence-corrected chi connectivity index (χ4v) is 5.12. The summed E-state index contributed by atoms with van der Waals surface area (Å²) in [6, 6.07) is 7.67. The molecule has 0 bridgehead atoms. The lowest BCUT2D eigenvalue weighted by Crippen LogP contribution is -2.16. The number of benzene rings is 2. The predicted molar refractivity (Wildman–Crippen MR) is 121 cm³/mol. The second kappa shape index (κ2) is 11.2. The van der Waals surface area contributed by atoms with Gasteiger partial charge in [0.15, 0.2) is 17.3 Å². The van der Waals surface area contributed by atoms with Crippen LogP contribution in [0.5, 0.6) is 17.2 Å². The molecule has 0 aliphatic carbocycles. The summed E-state index contributed by atoms with van der Waals surface area (Å²) in [6.45, 7) is 5.45. The molecule has 1 N–H and O–H groups in total. The van der Waals surface area contributed by atoms with Crippen molar-refractivity contribution in [2.45, 2.75) is 26.6 Å². The van der Waals surface area contributed by atoms with Gasteiger partial charge in [-0.1, -0.05) is 0 Å². The molecule has 11 heteroatoms. The van der Waals surface area contributed by atoms with Gasteiger partial charge in [-0.2, -0.15) is 0 Å². The maximum absolute atomic E-state index is 13.8. The minimum Gasteiger partial charge on any atom is -0.493 e. The molecule has 0 fully saturated rings. The maximum atomic E-state index is 13.8. The topological polar surface area (TPSA) is 118 Å². The van der Waals surface area contributed by atoms with Crippen LogP contribution in [0.15, 0.2) is 30.3 Å². The Labute approximate surface area is 187 Å². The average molecular weight is 468 g/mol. The number of rotatable bonds is 12. The van der Waals surface area contributed by atoms with Gasteiger partial charge in [0.05, 0.1) is 39.5 Å². The van der Waals surface area contributed by atoms with Crippen molar-refractivity contribution >= 4 is 19.0 Å². The summed E-state index contributed by atoms with van der Waals surface area (Å²) in [7, 11) is 0.700. The first-order valence-electron chi connectivity index (χ1n) is 9.94. The quantitative estimate of drug-likeness (QED) is 0.251. The van der Waals surface area contributed by atoms with Crippen LogP contribution < -0.4 is 19.5 Å². The molecule has 0 aliphatic heterocycles. The summed E-state index contributed by atoms with van der Waals surface area (Å²) in [4.78, 5) is 10.6. The number of hydrogen-bond acceptors (Lipinski definition) is 9. The predicted octanol–water partition coefficient (Wildman–Crippen LogP) is 5.31. The van der Waals surface area contributed by atoms with Crippen LogP contribution in [0, 0.1) is 17.0 Å². The Balaban J connectivity index is 2.67. The van der Waals surface area contributed by atoms with Crippen LogP contribution in [-0.2, 0) is 13.6 Å². The number of nitro groups is 1. The van der Waals surface area contributed by atoms with Gasteiger partial charge in [-0.05, 0) is 50.1 Å². The average Bonchev–Trinajstić information content (AvgIpc) is 2.77. The SMILES string of the molecule is CCOP(=O)(OCC)C(Nc1ccc([N+](=O)[O-])cc1C)c1cc(OC)c(OC)c(OC)c1. The van der Waals surface area contributed by atoms with Crippen LogP contribution in [-0.4, -0.2) is 39.5 Å². The first-order chi connectivity index (χ1) is 15.2. The normalized spacial score (nSPS) is 12.2. The first-order valence-corrected chi connectivity index (χ1v) is 11.6. The van der Waals surface area contributed by atoms with Crippen LogP contribution >= 0.6 is 7.60 Å². The Morgan fingerprint density at radius 3 is 1.97 bits per heavy atom. The van der Waals surface area contributed by atoms with E-state index >= 15 is 0 Å². The molecule has 2 aromatic rings. The zero-order valence-corrected chi connectivity index (χ0v) is 19.9. The van der Waals surface area contributed by atoms with Crippen molar-refractivity contribution in [1.82, 2.24) is 0 Å². The summed E-state index contributed by atoms with van der Waals surface area (Å²) in [5, 5.41) is 14.3. The molecule has 176 valence electrons. The smallest absolute Gasteiger partial charge is 0.357 e. The van der Waals surface area contributed by atoms with Crippen LogP contribution in [0.2, 0.25) is 0 Å². The Morgan fingerprint density at radius 2 is 1.56 bits per heavy atom. The highest BCUT2D eigenvalue weighted by molar-refractivity contribution is 7.54. The Bertz CT molecular complexity index is 963. The van der Waals surface area contributed by atoms with Crippen molar-refractivity contribution in [2.75, 3.05) is 39.9 Å². The van der Waals surface area contributed by atoms with Gasteiger partial charge in [0.2, 0.25) is 5.75 Å². The largest absolute Gasteiger partial charge is 0.493 e. The standard InChI is InChI=1S/C21H29N2O8P/c1-7-30-32(26,31-8-2)21(22-17-10-9-16(23(24)25)11-14(17)3)15-12-18(27-4)20(29-6)19(13-15)28-5/h9-13,21-22H,7-8H2,1-6H3. The summed E-state index contributed by atoms with van der Waals surface area (Å²) in [5.41, 5.74) is 1.59. The van der Waals surface area contributed by atoms with Gasteiger partial charge >= 0.3 is 7.60 Å². The van der Waals surface area contributed by atoms with Crippen LogP contribution in [0.25, 0.3) is 0 Å². The summed E-state index contributed by atoms with van der Waals surface area (Å²) >= 11 is 0. The van der Waals surface area contributed by atoms with E-state index in [1.165, 1.54) is 33.5 Å². The lowest BCUT2D eigenvalue weighted by molar-refractivity contribution is -0.384. The van der Waals surface area contributed by atoms with E-state index in [9.17, 15) is 14.7 Å². The van der Waals surface area contributed by atoms with Crippen LogP contribution in [0.1, 0.15) is 30.8 Å². The number of non-ortho nitro benzene ring substituents is 1. The molecule has 0 saturated carbocycles. The number of nitro benzene ring substituents is 1. The van der Waals surface area contributed by atoms with Gasteiger partial charge in [0.25, 0.3) is 5.69 Å². The van der Waals surface area contributed by atoms with Crippen LogP contribution in [0.3, 0.4) is 0 Å². The van der Waals surface area contributed by atoms with Crippen molar-refractivity contribution in [3.8, 4) is 17.2 Å². The number of hydrogen-bond donors (Lipinski definition) is 1. The minimum atomic E-state index is -3.75. The molecule has 0 radical (unpaired) electrons. The van der Waals surface area contributed by atoms with Crippen molar-refractivity contribution < 1.29 is 32.7 Å². The summed E-state index contributed by atoms with van der Waals surface area (Å²) in [5.74, 6) is 0.158. The highest BCUT2D eigenvalue weighted by Gasteiger charge is 2.38. The number of anilines is 1. The molecular formula is C21H29N2O8P. The number of nitrogens with one attached hydrogen (secondary N) is 1. The minimum absolute atomic E-state index is 0.0461. The third kappa shape index (κ3) is 5.51. The monoisotopic (exact) mass is 468 g/mol. The Hall–Kier alpha value is -2.81. The highest BCUT2D eigenvalue weighted by Crippen LogP contribution is 2.62. The number of aryl methyl sites for hydroxylation is 1. The fourth-order valence-electron chi connectivity index (χ4n) is 3.22. The van der Waals surface area contributed by atoms with Gasteiger partial charge in [0, 0.05) is 17.8 Å². The second-order valence-corrected chi connectivity index (χ2v) is 8.75. The van der Waals surface area contributed by atoms with Crippen molar-refractivity contribution in [1.29, 1.82) is 0 Å². The molecule has 2 rings (SSSR count). The molecule has 32 heavy (non-hydrogen) atoms. The zero-order chi connectivity index (χ0) is 23.9. The van der Waals surface area contributed by atoms with E-state index < -0.39 is 18.3 Å². The molecule has 0 spiro atoms. The van der Waals surface area contributed by atoms with Crippen molar-refractivity contribution in [3.63, 3.8) is 0 Å².